The molecule has 0 fully saturated rings. The largest absolute Gasteiger partial charge is 0.493 e. The minimum Gasteiger partial charge on any atom is -0.493 e. The third kappa shape index (κ3) is 8.38. The number of hydrogen-bond acceptors (Lipinski definition) is 6. The van der Waals surface area contributed by atoms with Crippen molar-refractivity contribution < 1.29 is 27.1 Å². The molecule has 0 spiro atoms. The summed E-state index contributed by atoms with van der Waals surface area (Å²) in [5, 5.41) is 6.07. The number of alkyl halides is 3. The summed E-state index contributed by atoms with van der Waals surface area (Å²) in [7, 11) is 1.12. The lowest BCUT2D eigenvalue weighted by atomic mass is 9.85. The van der Waals surface area contributed by atoms with Crippen LogP contribution in [0.2, 0.25) is 0 Å². The molecule has 2 aromatic rings. The Bertz CT molecular complexity index is 1510. The molecule has 0 bridgehead atoms. The molecule has 2 atom stereocenters. The quantitative estimate of drug-likeness (QED) is 0.201. The van der Waals surface area contributed by atoms with E-state index in [1.54, 1.807) is 19.3 Å². The van der Waals surface area contributed by atoms with E-state index in [9.17, 15) is 18.0 Å². The van der Waals surface area contributed by atoms with Crippen LogP contribution in [0.15, 0.2) is 53.6 Å². The van der Waals surface area contributed by atoms with E-state index in [1.165, 1.54) is 6.07 Å². The Hall–Kier alpha value is -4.09. The number of benzene rings is 1. The number of aliphatic imine (C=N–C) groups is 1. The van der Waals surface area contributed by atoms with E-state index in [0.29, 0.717) is 34.4 Å². The van der Waals surface area contributed by atoms with Crippen LogP contribution in [0.25, 0.3) is 5.57 Å². The number of aromatic nitrogens is 2. The lowest BCUT2D eigenvalue weighted by molar-refractivity contribution is -0.143. The highest BCUT2D eigenvalue weighted by molar-refractivity contribution is 6.07. The number of nitrogens with one attached hydrogen (secondary N) is 1. The van der Waals surface area contributed by atoms with Crippen LogP contribution in [-0.2, 0) is 13.2 Å². The Kier molecular flexibility index (Phi) is 12.2. The average molecular weight is 647 g/mol. The van der Waals surface area contributed by atoms with Crippen LogP contribution in [-0.4, -0.2) is 33.0 Å². The van der Waals surface area contributed by atoms with Crippen molar-refractivity contribution in [1.29, 1.82) is 0 Å². The predicted octanol–water partition coefficient (Wildman–Crippen LogP) is 8.50. The number of hydrogen-bond donors (Lipinski definition) is 2. The number of rotatable bonds is 14. The van der Waals surface area contributed by atoms with Crippen LogP contribution in [0.4, 0.5) is 23.4 Å². The van der Waals surface area contributed by atoms with Crippen LogP contribution in [0.3, 0.4) is 0 Å². The molecule has 1 aromatic carbocycles. The second-order valence-corrected chi connectivity index (χ2v) is 12.0. The summed E-state index contributed by atoms with van der Waals surface area (Å²) in [4.78, 5) is 19.4. The van der Waals surface area contributed by atoms with E-state index in [4.69, 9.17) is 10.5 Å². The van der Waals surface area contributed by atoms with E-state index in [1.807, 2.05) is 18.7 Å². The van der Waals surface area contributed by atoms with Crippen LogP contribution >= 0.6 is 0 Å². The highest BCUT2D eigenvalue weighted by Crippen LogP contribution is 2.42. The zero-order chi connectivity index (χ0) is 34.3. The number of carbonyl (C=O) groups excluding carboxylic acids is 1. The summed E-state index contributed by atoms with van der Waals surface area (Å²) >= 11 is 0. The minimum atomic E-state index is -4.66. The predicted molar refractivity (Wildman–Crippen MR) is 174 cm³/mol. The van der Waals surface area contributed by atoms with Gasteiger partial charge in [-0.15, -0.1) is 0 Å². The van der Waals surface area contributed by atoms with Gasteiger partial charge in [-0.05, 0) is 61.6 Å². The molecule has 1 aliphatic heterocycles. The van der Waals surface area contributed by atoms with Crippen molar-refractivity contribution >= 4 is 23.1 Å². The van der Waals surface area contributed by atoms with Gasteiger partial charge in [0.25, 0.3) is 5.91 Å². The van der Waals surface area contributed by atoms with Gasteiger partial charge in [0.1, 0.15) is 23.1 Å². The number of aryl methyl sites for hydroxylation is 1. The van der Waals surface area contributed by atoms with Crippen molar-refractivity contribution in [2.24, 2.45) is 35.5 Å². The van der Waals surface area contributed by atoms with Crippen LogP contribution < -0.4 is 15.8 Å². The fourth-order valence-electron chi connectivity index (χ4n) is 5.61. The lowest BCUT2D eigenvalue weighted by Gasteiger charge is -2.36. The SMILES string of the molecule is C=C(C(CCCC)CC(C)C)N1C=CN=C(N)/C1=C(\c1c(F)cc(C(=O)Nc2cc(C(F)(F)F)n(C)n2)cc1OCC)C(C)CC. The molecule has 0 aliphatic carbocycles. The molecular weight excluding hydrogens is 600 g/mol. The fourth-order valence-corrected chi connectivity index (χ4v) is 5.61. The van der Waals surface area contributed by atoms with Gasteiger partial charge in [0.15, 0.2) is 5.82 Å². The Labute approximate surface area is 269 Å². The molecule has 8 nitrogen and oxygen atoms in total. The fraction of sp³-hybridized carbons (Fsp3) is 0.500. The highest BCUT2D eigenvalue weighted by atomic mass is 19.4. The Morgan fingerprint density at radius 3 is 2.41 bits per heavy atom. The summed E-state index contributed by atoms with van der Waals surface area (Å²) in [5.41, 5.74) is 7.36. The standard InChI is InChI=1S/C34H46F4N6O2/c1-9-12-13-23(16-20(4)5)22(7)44-15-14-40-32(39)31(44)29(21(6)10-2)30-25(35)17-24(18-26(30)46-11-3)33(45)41-28-19-27(34(36,37)38)43(8)42-28/h14-15,17-21,23H,7,9-13,16H2,1-6,8H3,(H2,39,40)(H,41,42,45)/b31-29+. The molecule has 2 heterocycles. The third-order valence-corrected chi connectivity index (χ3v) is 8.01. The molecule has 0 saturated carbocycles. The summed E-state index contributed by atoms with van der Waals surface area (Å²) in [5.74, 6) is -1.30. The number of amidine groups is 1. The summed E-state index contributed by atoms with van der Waals surface area (Å²) in [6.07, 6.45) is 3.25. The maximum Gasteiger partial charge on any atom is 0.433 e. The van der Waals surface area contributed by atoms with Crippen molar-refractivity contribution in [3.05, 3.63) is 71.2 Å². The normalized spacial score (nSPS) is 15.9. The van der Waals surface area contributed by atoms with Gasteiger partial charge in [0.05, 0.1) is 17.9 Å². The molecule has 46 heavy (non-hydrogen) atoms. The first-order valence-electron chi connectivity index (χ1n) is 15.8. The second-order valence-electron chi connectivity index (χ2n) is 12.0. The number of halogens is 4. The molecule has 3 rings (SSSR count). The van der Waals surface area contributed by atoms with Crippen molar-refractivity contribution in [1.82, 2.24) is 14.7 Å². The van der Waals surface area contributed by atoms with Gasteiger partial charge in [-0.3, -0.25) is 9.48 Å². The van der Waals surface area contributed by atoms with Crippen LogP contribution in [0.5, 0.6) is 5.75 Å². The minimum absolute atomic E-state index is 0.0880. The second kappa shape index (κ2) is 15.5. The topological polar surface area (TPSA) is 97.8 Å². The van der Waals surface area contributed by atoms with Crippen molar-refractivity contribution in [3.63, 3.8) is 0 Å². The molecule has 252 valence electrons. The van der Waals surface area contributed by atoms with Gasteiger partial charge >= 0.3 is 6.18 Å². The first-order chi connectivity index (χ1) is 21.6. The monoisotopic (exact) mass is 646 g/mol. The molecule has 1 amide bonds. The van der Waals surface area contributed by atoms with Crippen LogP contribution in [0.1, 0.15) is 95.3 Å². The number of ether oxygens (including phenoxy) is 1. The molecule has 3 N–H and O–H groups in total. The van der Waals surface area contributed by atoms with E-state index in [2.05, 4.69) is 42.8 Å². The number of allylic oxidation sites excluding steroid dienone is 2. The summed E-state index contributed by atoms with van der Waals surface area (Å²) in [6, 6.07) is 3.13. The van der Waals surface area contributed by atoms with E-state index in [-0.39, 0.29) is 47.0 Å². The van der Waals surface area contributed by atoms with E-state index < -0.39 is 23.6 Å². The molecule has 1 aromatic heterocycles. The Morgan fingerprint density at radius 2 is 1.85 bits per heavy atom. The number of nitrogens with two attached hydrogens (primary N) is 1. The molecule has 2 unspecified atom stereocenters. The molecule has 0 saturated heterocycles. The maximum atomic E-state index is 16.4. The zero-order valence-electron chi connectivity index (χ0n) is 27.8. The lowest BCUT2D eigenvalue weighted by Crippen LogP contribution is -2.34. The van der Waals surface area contributed by atoms with Crippen LogP contribution in [0, 0.1) is 23.6 Å². The molecule has 1 aliphatic rings. The number of anilines is 1. The van der Waals surface area contributed by atoms with Gasteiger partial charge in [-0.1, -0.05) is 54.0 Å². The number of unbranched alkanes of at least 4 members (excludes halogenated alkanes) is 1. The van der Waals surface area contributed by atoms with Gasteiger partial charge in [-0.25, -0.2) is 9.38 Å². The van der Waals surface area contributed by atoms with Gasteiger partial charge in [-0.2, -0.15) is 18.3 Å². The number of amides is 1. The smallest absolute Gasteiger partial charge is 0.433 e. The Balaban J connectivity index is 2.18. The summed E-state index contributed by atoms with van der Waals surface area (Å²) in [6.45, 7) is 16.8. The Morgan fingerprint density at radius 1 is 1.15 bits per heavy atom. The van der Waals surface area contributed by atoms with Crippen molar-refractivity contribution in [2.45, 2.75) is 79.8 Å². The molecule has 12 heteroatoms. The van der Waals surface area contributed by atoms with Gasteiger partial charge in [0, 0.05) is 36.8 Å². The molecular formula is C34H46F4N6O2. The van der Waals surface area contributed by atoms with E-state index in [0.717, 1.165) is 44.5 Å². The molecule has 0 radical (unpaired) electrons. The average Bonchev–Trinajstić information content (AvgIpc) is 3.36. The first kappa shape index (κ1) is 36.4. The number of carbonyl (C=O) groups is 1. The zero-order valence-corrected chi connectivity index (χ0v) is 27.8. The first-order valence-corrected chi connectivity index (χ1v) is 15.8. The summed E-state index contributed by atoms with van der Waals surface area (Å²) < 4.78 is 62.7. The highest BCUT2D eigenvalue weighted by Gasteiger charge is 2.36. The van der Waals surface area contributed by atoms with E-state index >= 15 is 4.39 Å². The van der Waals surface area contributed by atoms with Gasteiger partial charge in [0.2, 0.25) is 0 Å². The maximum absolute atomic E-state index is 16.4. The van der Waals surface area contributed by atoms with Crippen molar-refractivity contribution in [2.75, 3.05) is 11.9 Å². The third-order valence-electron chi connectivity index (χ3n) is 8.01. The van der Waals surface area contributed by atoms with Crippen molar-refractivity contribution in [3.8, 4) is 5.75 Å². The van der Waals surface area contributed by atoms with Gasteiger partial charge < -0.3 is 20.7 Å². The number of nitrogens with zero attached hydrogens (tertiary/aromatic N) is 4.